The zero-order valence-corrected chi connectivity index (χ0v) is 11.5. The molecule has 1 aromatic rings. The lowest BCUT2D eigenvalue weighted by atomic mass is 10.1. The van der Waals surface area contributed by atoms with Crippen LogP contribution in [0.2, 0.25) is 10.0 Å². The maximum atomic E-state index is 12.1. The Balaban J connectivity index is 2.16. The number of piperidine rings is 1. The van der Waals surface area contributed by atoms with Crippen LogP contribution in [0.3, 0.4) is 0 Å². The first-order chi connectivity index (χ1) is 8.99. The van der Waals surface area contributed by atoms with Gasteiger partial charge in [0.2, 0.25) is 11.8 Å². The lowest BCUT2D eigenvalue weighted by Crippen LogP contribution is -2.43. The molecule has 0 radical (unpaired) electrons. The van der Waals surface area contributed by atoms with Crippen molar-refractivity contribution in [2.24, 2.45) is 0 Å². The van der Waals surface area contributed by atoms with Crippen molar-refractivity contribution in [3.05, 3.63) is 33.8 Å². The second kappa shape index (κ2) is 5.72. The zero-order chi connectivity index (χ0) is 14.0. The summed E-state index contributed by atoms with van der Waals surface area (Å²) >= 11 is 11.7. The van der Waals surface area contributed by atoms with E-state index in [1.807, 2.05) is 0 Å². The molecule has 0 aliphatic carbocycles. The molecule has 0 aromatic heterocycles. The highest BCUT2D eigenvalue weighted by Crippen LogP contribution is 2.22. The van der Waals surface area contributed by atoms with E-state index in [1.165, 1.54) is 12.1 Å². The summed E-state index contributed by atoms with van der Waals surface area (Å²) in [5.41, 5.74) is 0.261. The molecule has 2 rings (SSSR count). The molecule has 0 spiro atoms. The molecule has 1 heterocycles. The molecule has 1 aliphatic heterocycles. The lowest BCUT2D eigenvalue weighted by Gasteiger charge is -2.24. The normalized spacial score (nSPS) is 15.8. The number of ketones is 1. The topological polar surface area (TPSA) is 54.5 Å². The zero-order valence-electron chi connectivity index (χ0n) is 9.99. The summed E-state index contributed by atoms with van der Waals surface area (Å²) in [6.07, 6.45) is 1.14. The molecule has 1 fully saturated rings. The molecule has 0 bridgehead atoms. The molecular weight excluding hydrogens is 289 g/mol. The molecule has 19 heavy (non-hydrogen) atoms. The second-order valence-corrected chi connectivity index (χ2v) is 5.12. The monoisotopic (exact) mass is 299 g/mol. The fourth-order valence-corrected chi connectivity index (χ4v) is 2.43. The van der Waals surface area contributed by atoms with Crippen molar-refractivity contribution in [3.8, 4) is 0 Å². The van der Waals surface area contributed by atoms with Gasteiger partial charge in [0.25, 0.3) is 0 Å². The Morgan fingerprint density at radius 1 is 1.16 bits per heavy atom. The minimum absolute atomic E-state index is 0.217. The number of Topliss-reactive ketones (excluding diaryl/α,β-unsaturated/α-hetero) is 1. The number of hydrogen-bond donors (Lipinski definition) is 0. The van der Waals surface area contributed by atoms with Crippen molar-refractivity contribution in [1.29, 1.82) is 0 Å². The van der Waals surface area contributed by atoms with Crippen molar-refractivity contribution in [3.63, 3.8) is 0 Å². The third kappa shape index (κ3) is 3.14. The highest BCUT2D eigenvalue weighted by molar-refractivity contribution is 6.37. The van der Waals surface area contributed by atoms with Crippen LogP contribution in [0.25, 0.3) is 0 Å². The Labute approximate surface area is 120 Å². The Hall–Kier alpha value is -1.39. The third-order valence-electron chi connectivity index (χ3n) is 2.92. The van der Waals surface area contributed by atoms with Crippen molar-refractivity contribution in [2.75, 3.05) is 6.54 Å². The summed E-state index contributed by atoms with van der Waals surface area (Å²) in [6.45, 7) is -0.265. The number of nitrogens with zero attached hydrogens (tertiary/aromatic N) is 1. The average Bonchev–Trinajstić information content (AvgIpc) is 2.33. The maximum absolute atomic E-state index is 12.1. The van der Waals surface area contributed by atoms with Gasteiger partial charge < -0.3 is 0 Å². The summed E-state index contributed by atoms with van der Waals surface area (Å²) in [5.74, 6) is -0.991. The predicted molar refractivity (Wildman–Crippen MR) is 71.4 cm³/mol. The first kappa shape index (κ1) is 14.0. The minimum atomic E-state index is -0.370. The Morgan fingerprint density at radius 3 is 2.37 bits per heavy atom. The number of halogens is 2. The van der Waals surface area contributed by atoms with Gasteiger partial charge in [0.05, 0.1) is 11.6 Å². The number of hydrogen-bond acceptors (Lipinski definition) is 3. The fourth-order valence-electron chi connectivity index (χ4n) is 1.92. The Morgan fingerprint density at radius 2 is 1.79 bits per heavy atom. The Bertz CT molecular complexity index is 541. The van der Waals surface area contributed by atoms with Gasteiger partial charge >= 0.3 is 0 Å². The molecule has 0 N–H and O–H groups in total. The summed E-state index contributed by atoms with van der Waals surface area (Å²) in [6, 6.07) is 4.49. The largest absolute Gasteiger partial charge is 0.292 e. The third-order valence-corrected chi connectivity index (χ3v) is 3.46. The van der Waals surface area contributed by atoms with E-state index >= 15 is 0 Å². The fraction of sp³-hybridized carbons (Fsp3) is 0.308. The van der Waals surface area contributed by atoms with Gasteiger partial charge in [-0.25, -0.2) is 0 Å². The van der Waals surface area contributed by atoms with E-state index in [4.69, 9.17) is 23.2 Å². The van der Waals surface area contributed by atoms with Crippen LogP contribution in [-0.2, 0) is 9.59 Å². The van der Waals surface area contributed by atoms with E-state index in [0.717, 1.165) is 4.90 Å². The SMILES string of the molecule is O=C(CN1C(=O)CCCC1=O)c1ccc(Cl)cc1Cl. The van der Waals surface area contributed by atoms with Gasteiger partial charge in [0.1, 0.15) is 0 Å². The van der Waals surface area contributed by atoms with Crippen molar-refractivity contribution in [2.45, 2.75) is 19.3 Å². The summed E-state index contributed by atoms with van der Waals surface area (Å²) in [7, 11) is 0. The molecule has 1 aromatic carbocycles. The van der Waals surface area contributed by atoms with E-state index in [-0.39, 0.29) is 34.7 Å². The van der Waals surface area contributed by atoms with Gasteiger partial charge in [-0.3, -0.25) is 19.3 Å². The first-order valence-electron chi connectivity index (χ1n) is 5.80. The van der Waals surface area contributed by atoms with Crippen LogP contribution in [-0.4, -0.2) is 29.0 Å². The number of amides is 2. The molecule has 1 aliphatic rings. The van der Waals surface area contributed by atoms with Crippen LogP contribution in [0.5, 0.6) is 0 Å². The van der Waals surface area contributed by atoms with Gasteiger partial charge in [-0.15, -0.1) is 0 Å². The van der Waals surface area contributed by atoms with E-state index in [9.17, 15) is 14.4 Å². The molecule has 0 unspecified atom stereocenters. The van der Waals surface area contributed by atoms with Crippen LogP contribution in [0.1, 0.15) is 29.6 Å². The van der Waals surface area contributed by atoms with Crippen LogP contribution >= 0.6 is 23.2 Å². The van der Waals surface area contributed by atoms with E-state index in [2.05, 4.69) is 0 Å². The van der Waals surface area contributed by atoms with E-state index in [1.54, 1.807) is 6.07 Å². The minimum Gasteiger partial charge on any atom is -0.292 e. The van der Waals surface area contributed by atoms with Crippen molar-refractivity contribution < 1.29 is 14.4 Å². The number of carbonyl (C=O) groups is 3. The van der Waals surface area contributed by atoms with Crippen molar-refractivity contribution >= 4 is 40.8 Å². The number of carbonyl (C=O) groups excluding carboxylic acids is 3. The van der Waals surface area contributed by atoms with Gasteiger partial charge in [-0.1, -0.05) is 23.2 Å². The summed E-state index contributed by atoms with van der Waals surface area (Å²) in [4.78, 5) is 36.3. The molecule has 2 amide bonds. The predicted octanol–water partition coefficient (Wildman–Crippen LogP) is 2.72. The molecule has 100 valence electrons. The van der Waals surface area contributed by atoms with Gasteiger partial charge in [0, 0.05) is 23.4 Å². The number of rotatable bonds is 3. The second-order valence-electron chi connectivity index (χ2n) is 4.27. The highest BCUT2D eigenvalue weighted by Gasteiger charge is 2.28. The lowest BCUT2D eigenvalue weighted by molar-refractivity contribution is -0.147. The average molecular weight is 300 g/mol. The van der Waals surface area contributed by atoms with Crippen LogP contribution in [0.15, 0.2) is 18.2 Å². The molecule has 6 heteroatoms. The van der Waals surface area contributed by atoms with Crippen molar-refractivity contribution in [1.82, 2.24) is 4.90 Å². The molecule has 0 saturated carbocycles. The summed E-state index contributed by atoms with van der Waals surface area (Å²) < 4.78 is 0. The molecular formula is C13H11Cl2NO3. The number of imide groups is 1. The summed E-state index contributed by atoms with van der Waals surface area (Å²) in [5, 5.41) is 0.640. The highest BCUT2D eigenvalue weighted by atomic mass is 35.5. The maximum Gasteiger partial charge on any atom is 0.229 e. The smallest absolute Gasteiger partial charge is 0.229 e. The van der Waals surface area contributed by atoms with Gasteiger partial charge in [-0.2, -0.15) is 0 Å². The van der Waals surface area contributed by atoms with E-state index in [0.29, 0.717) is 24.3 Å². The molecule has 0 atom stereocenters. The van der Waals surface area contributed by atoms with Gasteiger partial charge in [0.15, 0.2) is 5.78 Å². The van der Waals surface area contributed by atoms with Crippen LogP contribution in [0.4, 0.5) is 0 Å². The quantitative estimate of drug-likeness (QED) is 0.637. The molecule has 1 saturated heterocycles. The van der Waals surface area contributed by atoms with Gasteiger partial charge in [-0.05, 0) is 24.6 Å². The number of likely N-dealkylation sites (tertiary alicyclic amines) is 1. The Kier molecular flexibility index (Phi) is 4.22. The first-order valence-corrected chi connectivity index (χ1v) is 6.56. The van der Waals surface area contributed by atoms with Crippen LogP contribution in [0, 0.1) is 0 Å². The standard InChI is InChI=1S/C13H11Cl2NO3/c14-8-4-5-9(10(15)6-8)11(17)7-16-12(18)2-1-3-13(16)19/h4-6H,1-3,7H2. The molecule has 4 nitrogen and oxygen atoms in total. The van der Waals surface area contributed by atoms with E-state index < -0.39 is 0 Å². The number of benzene rings is 1. The van der Waals surface area contributed by atoms with Crippen LogP contribution < -0.4 is 0 Å².